The lowest BCUT2D eigenvalue weighted by Gasteiger charge is -2.10. The smallest absolute Gasteiger partial charge is 0.124 e. The topological polar surface area (TPSA) is 67.6 Å². The van der Waals surface area contributed by atoms with Crippen LogP contribution >= 0.6 is 0 Å². The normalized spacial score (nSPS) is 10.6. The van der Waals surface area contributed by atoms with E-state index in [1.807, 2.05) is 48.5 Å². The zero-order valence-electron chi connectivity index (χ0n) is 11.0. The van der Waals surface area contributed by atoms with E-state index in [0.717, 1.165) is 28.1 Å². The van der Waals surface area contributed by atoms with E-state index in [-0.39, 0.29) is 0 Å². The summed E-state index contributed by atoms with van der Waals surface area (Å²) >= 11 is 0. The second-order valence-electron chi connectivity index (χ2n) is 4.64. The molecule has 0 amide bonds. The second kappa shape index (κ2) is 5.06. The zero-order valence-corrected chi connectivity index (χ0v) is 11.0. The molecule has 0 atom stereocenters. The van der Waals surface area contributed by atoms with Crippen molar-refractivity contribution in [3.63, 3.8) is 0 Å². The molecule has 0 saturated carbocycles. The Morgan fingerprint density at radius 2 is 1.85 bits per heavy atom. The highest BCUT2D eigenvalue weighted by Gasteiger charge is 2.11. The van der Waals surface area contributed by atoms with Gasteiger partial charge in [0.2, 0.25) is 0 Å². The number of nitrogen functional groups attached to an aromatic ring is 1. The average Bonchev–Trinajstić information content (AvgIpc) is 2.80. The third-order valence-corrected chi connectivity index (χ3v) is 3.35. The van der Waals surface area contributed by atoms with Gasteiger partial charge >= 0.3 is 0 Å². The number of rotatable bonds is 3. The van der Waals surface area contributed by atoms with Gasteiger partial charge in [-0.3, -0.25) is 0 Å². The van der Waals surface area contributed by atoms with Crippen LogP contribution in [0.1, 0.15) is 11.4 Å². The van der Waals surface area contributed by atoms with Crippen molar-refractivity contribution in [1.29, 1.82) is 5.26 Å². The predicted octanol–water partition coefficient (Wildman–Crippen LogP) is 2.73. The fraction of sp³-hybridized carbons (Fsp3) is 0.125. The van der Waals surface area contributed by atoms with Gasteiger partial charge in [-0.2, -0.15) is 5.26 Å². The second-order valence-corrected chi connectivity index (χ2v) is 4.64. The van der Waals surface area contributed by atoms with Crippen LogP contribution in [-0.2, 0) is 13.0 Å². The van der Waals surface area contributed by atoms with Crippen LogP contribution in [0.3, 0.4) is 0 Å². The highest BCUT2D eigenvalue weighted by molar-refractivity contribution is 5.76. The molecule has 1 aromatic heterocycles. The summed E-state index contributed by atoms with van der Waals surface area (Å²) in [5.74, 6) is 0.775. The number of aromatic nitrogens is 2. The lowest BCUT2D eigenvalue weighted by molar-refractivity contribution is 0.771. The van der Waals surface area contributed by atoms with Gasteiger partial charge in [-0.15, -0.1) is 0 Å². The first-order chi connectivity index (χ1) is 9.79. The van der Waals surface area contributed by atoms with Crippen molar-refractivity contribution in [1.82, 2.24) is 9.55 Å². The molecule has 98 valence electrons. The Morgan fingerprint density at radius 3 is 2.65 bits per heavy atom. The van der Waals surface area contributed by atoms with Crippen molar-refractivity contribution in [2.45, 2.75) is 13.0 Å². The van der Waals surface area contributed by atoms with Gasteiger partial charge < -0.3 is 10.3 Å². The van der Waals surface area contributed by atoms with Gasteiger partial charge in [0.1, 0.15) is 5.82 Å². The molecule has 20 heavy (non-hydrogen) atoms. The van der Waals surface area contributed by atoms with Gasteiger partial charge in [-0.1, -0.05) is 30.3 Å². The van der Waals surface area contributed by atoms with Crippen LogP contribution in [0.4, 0.5) is 5.69 Å². The van der Waals surface area contributed by atoms with E-state index in [1.165, 1.54) is 0 Å². The molecule has 0 saturated heterocycles. The lowest BCUT2D eigenvalue weighted by atomic mass is 10.2. The van der Waals surface area contributed by atoms with Crippen LogP contribution in [-0.4, -0.2) is 9.55 Å². The third-order valence-electron chi connectivity index (χ3n) is 3.35. The van der Waals surface area contributed by atoms with Crippen molar-refractivity contribution in [3.8, 4) is 6.07 Å². The fourth-order valence-electron chi connectivity index (χ4n) is 2.36. The van der Waals surface area contributed by atoms with E-state index in [2.05, 4.69) is 15.6 Å². The Kier molecular flexibility index (Phi) is 3.10. The van der Waals surface area contributed by atoms with Crippen molar-refractivity contribution >= 4 is 16.7 Å². The van der Waals surface area contributed by atoms with Crippen LogP contribution in [0.2, 0.25) is 0 Å². The maximum absolute atomic E-state index is 8.96. The minimum atomic E-state index is 0.293. The quantitative estimate of drug-likeness (QED) is 0.738. The number of para-hydroxylation sites is 3. The van der Waals surface area contributed by atoms with E-state index < -0.39 is 0 Å². The summed E-state index contributed by atoms with van der Waals surface area (Å²) in [6, 6.07) is 17.8. The van der Waals surface area contributed by atoms with Crippen LogP contribution in [0.15, 0.2) is 48.5 Å². The molecule has 4 heteroatoms. The molecule has 0 fully saturated rings. The van der Waals surface area contributed by atoms with Gasteiger partial charge in [0.25, 0.3) is 0 Å². The molecule has 0 unspecified atom stereocenters. The number of fused-ring (bicyclic) bond motifs is 1. The number of nitriles is 1. The third kappa shape index (κ3) is 2.10. The van der Waals surface area contributed by atoms with Crippen LogP contribution < -0.4 is 5.73 Å². The van der Waals surface area contributed by atoms with Crippen LogP contribution in [0.5, 0.6) is 0 Å². The number of imidazole rings is 1. The summed E-state index contributed by atoms with van der Waals surface area (Å²) in [5.41, 5.74) is 9.74. The zero-order chi connectivity index (χ0) is 13.9. The summed E-state index contributed by atoms with van der Waals surface area (Å²) in [7, 11) is 0. The largest absolute Gasteiger partial charge is 0.398 e. The Labute approximate surface area is 117 Å². The number of benzene rings is 2. The molecule has 0 aliphatic heterocycles. The fourth-order valence-corrected chi connectivity index (χ4v) is 2.36. The maximum atomic E-state index is 8.96. The molecule has 3 rings (SSSR count). The number of anilines is 1. The number of nitrogens with zero attached hydrogens (tertiary/aromatic N) is 3. The first kappa shape index (κ1) is 12.2. The molecule has 3 aromatic rings. The highest BCUT2D eigenvalue weighted by Crippen LogP contribution is 2.20. The van der Waals surface area contributed by atoms with E-state index in [9.17, 15) is 0 Å². The van der Waals surface area contributed by atoms with Gasteiger partial charge in [-0.25, -0.2) is 4.98 Å². The molecule has 1 heterocycles. The first-order valence-electron chi connectivity index (χ1n) is 6.44. The van der Waals surface area contributed by atoms with E-state index in [0.29, 0.717) is 13.0 Å². The molecule has 2 N–H and O–H groups in total. The number of nitrogens with two attached hydrogens (primary N) is 1. The standard InChI is InChI=1S/C16H14N4/c17-10-9-16-19-14-7-3-4-8-15(14)20(16)11-12-5-1-2-6-13(12)18/h1-8H,9,11,18H2. The summed E-state index contributed by atoms with van der Waals surface area (Å²) in [6.45, 7) is 0.629. The highest BCUT2D eigenvalue weighted by atomic mass is 15.1. The van der Waals surface area contributed by atoms with Gasteiger partial charge in [0.15, 0.2) is 0 Å². The first-order valence-corrected chi connectivity index (χ1v) is 6.44. The molecular weight excluding hydrogens is 248 g/mol. The van der Waals surface area contributed by atoms with E-state index in [4.69, 9.17) is 11.0 Å². The number of hydrogen-bond donors (Lipinski definition) is 1. The molecular formula is C16H14N4. The van der Waals surface area contributed by atoms with Crippen molar-refractivity contribution in [3.05, 3.63) is 59.9 Å². The molecule has 0 aliphatic carbocycles. The minimum absolute atomic E-state index is 0.293. The lowest BCUT2D eigenvalue weighted by Crippen LogP contribution is -2.06. The van der Waals surface area contributed by atoms with Crippen molar-refractivity contribution in [2.75, 3.05) is 5.73 Å². The Morgan fingerprint density at radius 1 is 1.10 bits per heavy atom. The summed E-state index contributed by atoms with van der Waals surface area (Å²) in [4.78, 5) is 4.53. The van der Waals surface area contributed by atoms with Gasteiger partial charge in [0, 0.05) is 5.69 Å². The Bertz CT molecular complexity index is 796. The molecule has 4 nitrogen and oxygen atoms in total. The minimum Gasteiger partial charge on any atom is -0.398 e. The maximum Gasteiger partial charge on any atom is 0.124 e. The van der Waals surface area contributed by atoms with Crippen LogP contribution in [0.25, 0.3) is 11.0 Å². The van der Waals surface area contributed by atoms with E-state index >= 15 is 0 Å². The monoisotopic (exact) mass is 262 g/mol. The molecule has 0 bridgehead atoms. The van der Waals surface area contributed by atoms with E-state index in [1.54, 1.807) is 0 Å². The summed E-state index contributed by atoms with van der Waals surface area (Å²) in [5, 5.41) is 8.96. The summed E-state index contributed by atoms with van der Waals surface area (Å²) < 4.78 is 2.06. The van der Waals surface area contributed by atoms with Gasteiger partial charge in [-0.05, 0) is 23.8 Å². The molecule has 0 radical (unpaired) electrons. The predicted molar refractivity (Wildman–Crippen MR) is 79.0 cm³/mol. The molecule has 0 aliphatic rings. The SMILES string of the molecule is N#CCc1nc2ccccc2n1Cc1ccccc1N. The van der Waals surface area contributed by atoms with Crippen LogP contribution in [0, 0.1) is 11.3 Å². The van der Waals surface area contributed by atoms with Crippen molar-refractivity contribution < 1.29 is 0 Å². The molecule has 2 aromatic carbocycles. The average molecular weight is 262 g/mol. The Balaban J connectivity index is 2.12. The summed E-state index contributed by atoms with van der Waals surface area (Å²) in [6.07, 6.45) is 0.293. The Hall–Kier alpha value is -2.80. The van der Waals surface area contributed by atoms with Gasteiger partial charge in [0.05, 0.1) is 30.1 Å². The van der Waals surface area contributed by atoms with Crippen molar-refractivity contribution in [2.24, 2.45) is 0 Å². The number of hydrogen-bond acceptors (Lipinski definition) is 3. The molecule has 0 spiro atoms.